The lowest BCUT2D eigenvalue weighted by Crippen LogP contribution is -2.41. The van der Waals surface area contributed by atoms with Crippen molar-refractivity contribution in [1.29, 1.82) is 0 Å². The predicted molar refractivity (Wildman–Crippen MR) is 93.0 cm³/mol. The molecule has 2 heterocycles. The lowest BCUT2D eigenvalue weighted by atomic mass is 9.98. The Morgan fingerprint density at radius 3 is 2.50 bits per heavy atom. The summed E-state index contributed by atoms with van der Waals surface area (Å²) in [6.45, 7) is 10.5. The van der Waals surface area contributed by atoms with E-state index < -0.39 is 5.54 Å². The molecule has 0 unspecified atom stereocenters. The monoisotopic (exact) mass is 351 g/mol. The van der Waals surface area contributed by atoms with E-state index in [-0.39, 0.29) is 11.3 Å². The molecule has 0 saturated carbocycles. The third-order valence-corrected chi connectivity index (χ3v) is 4.70. The minimum Gasteiger partial charge on any atom is -0.339 e. The molecular formula is C16H25N5O2S. The molecule has 0 radical (unpaired) electrons. The van der Waals surface area contributed by atoms with Crippen molar-refractivity contribution in [3.05, 3.63) is 27.8 Å². The van der Waals surface area contributed by atoms with Crippen LogP contribution in [0.1, 0.15) is 61.0 Å². The normalized spacial score (nSPS) is 12.7. The number of rotatable bonds is 5. The maximum atomic E-state index is 12.5. The molecule has 0 aliphatic heterocycles. The first-order valence-corrected chi connectivity index (χ1v) is 8.57. The van der Waals surface area contributed by atoms with Gasteiger partial charge in [0.2, 0.25) is 5.89 Å². The molecule has 0 saturated heterocycles. The van der Waals surface area contributed by atoms with E-state index in [2.05, 4.69) is 41.2 Å². The Morgan fingerprint density at radius 2 is 1.96 bits per heavy atom. The van der Waals surface area contributed by atoms with Crippen molar-refractivity contribution in [2.45, 2.75) is 52.1 Å². The van der Waals surface area contributed by atoms with Crippen molar-refractivity contribution in [3.63, 3.8) is 0 Å². The minimum absolute atomic E-state index is 0.0759. The van der Waals surface area contributed by atoms with Gasteiger partial charge in [-0.15, -0.1) is 11.3 Å². The molecule has 132 valence electrons. The van der Waals surface area contributed by atoms with Gasteiger partial charge in [0.05, 0.1) is 23.3 Å². The zero-order valence-corrected chi connectivity index (χ0v) is 16.1. The summed E-state index contributed by atoms with van der Waals surface area (Å²) in [6, 6.07) is 0. The number of nitrogens with one attached hydrogen (secondary N) is 1. The molecule has 1 amide bonds. The van der Waals surface area contributed by atoms with Crippen LogP contribution in [-0.4, -0.2) is 40.0 Å². The number of hydrogen-bond acceptors (Lipinski definition) is 7. The lowest BCUT2D eigenvalue weighted by molar-refractivity contribution is 0.0911. The third-order valence-electron chi connectivity index (χ3n) is 3.28. The van der Waals surface area contributed by atoms with Crippen molar-refractivity contribution in [1.82, 2.24) is 25.3 Å². The van der Waals surface area contributed by atoms with Gasteiger partial charge in [0, 0.05) is 5.41 Å². The quantitative estimate of drug-likeness (QED) is 0.891. The topological polar surface area (TPSA) is 84.2 Å². The van der Waals surface area contributed by atoms with Gasteiger partial charge in [0.15, 0.2) is 5.82 Å². The number of carbonyl (C=O) groups is 1. The van der Waals surface area contributed by atoms with E-state index in [4.69, 9.17) is 4.52 Å². The molecule has 1 N–H and O–H groups in total. The molecular weight excluding hydrogens is 326 g/mol. The Balaban J connectivity index is 2.12. The molecule has 0 spiro atoms. The molecule has 0 bridgehead atoms. The van der Waals surface area contributed by atoms with Gasteiger partial charge in [-0.25, -0.2) is 4.98 Å². The van der Waals surface area contributed by atoms with Gasteiger partial charge in [-0.2, -0.15) is 4.98 Å². The second kappa shape index (κ2) is 6.60. The molecule has 8 heteroatoms. The standard InChI is InChI=1S/C16H25N5O2S/c1-15(2,3)14-17-8-10(24-14)12(22)19-16(4,5)13-18-11(23-20-13)9-21(6)7/h8H,9H2,1-7H3,(H,19,22). The van der Waals surface area contributed by atoms with Crippen LogP contribution in [0.25, 0.3) is 0 Å². The van der Waals surface area contributed by atoms with Crippen LogP contribution in [0, 0.1) is 0 Å². The second-order valence-corrected chi connectivity index (χ2v) is 8.64. The molecule has 0 fully saturated rings. The molecule has 24 heavy (non-hydrogen) atoms. The van der Waals surface area contributed by atoms with Gasteiger partial charge in [-0.05, 0) is 27.9 Å². The maximum Gasteiger partial charge on any atom is 0.263 e. The molecule has 0 aliphatic rings. The first kappa shape index (κ1) is 18.5. The number of amides is 1. The van der Waals surface area contributed by atoms with E-state index >= 15 is 0 Å². The number of thiazole rings is 1. The average molecular weight is 351 g/mol. The Morgan fingerprint density at radius 1 is 1.29 bits per heavy atom. The minimum atomic E-state index is -0.739. The molecule has 0 aliphatic carbocycles. The third kappa shape index (κ3) is 4.39. The van der Waals surface area contributed by atoms with Gasteiger partial charge in [-0.3, -0.25) is 4.79 Å². The highest BCUT2D eigenvalue weighted by atomic mass is 32.1. The summed E-state index contributed by atoms with van der Waals surface area (Å²) in [5.41, 5.74) is -0.815. The SMILES string of the molecule is CN(C)Cc1nc(C(C)(C)NC(=O)c2cnc(C(C)(C)C)s2)no1. The summed E-state index contributed by atoms with van der Waals surface area (Å²) in [5, 5.41) is 7.87. The zero-order valence-electron chi connectivity index (χ0n) is 15.3. The van der Waals surface area contributed by atoms with Crippen LogP contribution in [-0.2, 0) is 17.5 Å². The highest BCUT2D eigenvalue weighted by Crippen LogP contribution is 2.27. The highest BCUT2D eigenvalue weighted by Gasteiger charge is 2.30. The van der Waals surface area contributed by atoms with Crippen LogP contribution in [0.4, 0.5) is 0 Å². The average Bonchev–Trinajstić information content (AvgIpc) is 3.04. The largest absolute Gasteiger partial charge is 0.339 e. The van der Waals surface area contributed by atoms with E-state index in [1.54, 1.807) is 6.20 Å². The van der Waals surface area contributed by atoms with Crippen molar-refractivity contribution in [2.75, 3.05) is 14.1 Å². The summed E-state index contributed by atoms with van der Waals surface area (Å²) >= 11 is 1.40. The Hall–Kier alpha value is -1.80. The summed E-state index contributed by atoms with van der Waals surface area (Å²) in [5.74, 6) is 0.783. The van der Waals surface area contributed by atoms with E-state index in [0.29, 0.717) is 23.1 Å². The van der Waals surface area contributed by atoms with Gasteiger partial charge in [0.25, 0.3) is 5.91 Å². The fourth-order valence-electron chi connectivity index (χ4n) is 1.97. The van der Waals surface area contributed by atoms with Gasteiger partial charge in [0.1, 0.15) is 4.88 Å². The van der Waals surface area contributed by atoms with Crippen LogP contribution in [0.2, 0.25) is 0 Å². The summed E-state index contributed by atoms with van der Waals surface area (Å²) in [6.07, 6.45) is 1.62. The molecule has 2 rings (SSSR count). The zero-order chi connectivity index (χ0) is 18.1. The van der Waals surface area contributed by atoms with E-state index in [9.17, 15) is 4.79 Å². The number of nitrogens with zero attached hydrogens (tertiary/aromatic N) is 4. The second-order valence-electron chi connectivity index (χ2n) is 7.61. The van der Waals surface area contributed by atoms with Gasteiger partial charge < -0.3 is 14.7 Å². The van der Waals surface area contributed by atoms with Crippen LogP contribution in [0.15, 0.2) is 10.7 Å². The van der Waals surface area contributed by atoms with Gasteiger partial charge >= 0.3 is 0 Å². The summed E-state index contributed by atoms with van der Waals surface area (Å²) in [7, 11) is 3.85. The van der Waals surface area contributed by atoms with Crippen molar-refractivity contribution >= 4 is 17.2 Å². The van der Waals surface area contributed by atoms with Crippen LogP contribution < -0.4 is 5.32 Å². The molecule has 0 atom stereocenters. The molecule has 2 aromatic heterocycles. The molecule has 0 aromatic carbocycles. The Kier molecular flexibility index (Phi) is 5.10. The van der Waals surface area contributed by atoms with Crippen LogP contribution in [0.3, 0.4) is 0 Å². The number of aromatic nitrogens is 3. The Bertz CT molecular complexity index is 712. The van der Waals surface area contributed by atoms with Crippen molar-refractivity contribution in [3.8, 4) is 0 Å². The highest BCUT2D eigenvalue weighted by molar-refractivity contribution is 7.13. The maximum absolute atomic E-state index is 12.5. The first-order valence-electron chi connectivity index (χ1n) is 7.75. The lowest BCUT2D eigenvalue weighted by Gasteiger charge is -2.21. The van der Waals surface area contributed by atoms with Crippen LogP contribution >= 0.6 is 11.3 Å². The fraction of sp³-hybridized carbons (Fsp3) is 0.625. The first-order chi connectivity index (χ1) is 11.0. The van der Waals surface area contributed by atoms with Crippen molar-refractivity contribution < 1.29 is 9.32 Å². The van der Waals surface area contributed by atoms with Crippen LogP contribution in [0.5, 0.6) is 0 Å². The molecule has 2 aromatic rings. The fourth-order valence-corrected chi connectivity index (χ4v) is 2.84. The van der Waals surface area contributed by atoms with Gasteiger partial charge in [-0.1, -0.05) is 25.9 Å². The Labute approximate surface area is 146 Å². The van der Waals surface area contributed by atoms with E-state index in [0.717, 1.165) is 5.01 Å². The predicted octanol–water partition coefficient (Wildman–Crippen LogP) is 2.55. The van der Waals surface area contributed by atoms with E-state index in [1.165, 1.54) is 11.3 Å². The summed E-state index contributed by atoms with van der Waals surface area (Å²) < 4.78 is 5.23. The van der Waals surface area contributed by atoms with Crippen molar-refractivity contribution in [2.24, 2.45) is 0 Å². The summed E-state index contributed by atoms with van der Waals surface area (Å²) in [4.78, 5) is 23.8. The van der Waals surface area contributed by atoms with E-state index in [1.807, 2.05) is 32.8 Å². The number of hydrogen-bond donors (Lipinski definition) is 1. The molecule has 7 nitrogen and oxygen atoms in total. The smallest absolute Gasteiger partial charge is 0.263 e. The number of carbonyl (C=O) groups excluding carboxylic acids is 1.